The number of aromatic amines is 1. The Hall–Kier alpha value is -3.70. The molecule has 1 fully saturated rings. The highest BCUT2D eigenvalue weighted by atomic mass is 32.2. The van der Waals surface area contributed by atoms with Gasteiger partial charge in [-0.05, 0) is 108 Å². The van der Waals surface area contributed by atoms with E-state index in [4.69, 9.17) is 9.72 Å². The molecule has 0 amide bonds. The molecule has 41 heavy (non-hydrogen) atoms. The fourth-order valence-corrected chi connectivity index (χ4v) is 6.37. The number of H-pyrrole nitrogens is 1. The summed E-state index contributed by atoms with van der Waals surface area (Å²) in [6, 6.07) is 9.48. The lowest BCUT2D eigenvalue weighted by Crippen LogP contribution is -2.28. The quantitative estimate of drug-likeness (QED) is 0.192. The van der Waals surface area contributed by atoms with E-state index in [1.165, 1.54) is 11.1 Å². The van der Waals surface area contributed by atoms with E-state index in [0.29, 0.717) is 34.4 Å². The normalized spacial score (nSPS) is 16.0. The SMILES string of the molecule is Cc1ccc(S(=O)(=O)C(C)C)c(Nc2nc(Nc3cc(C)c(C4CCCNC4)cc3OC(C)C)nc3[nH]ncc23)c1. The molecule has 0 spiro atoms. The van der Waals surface area contributed by atoms with Crippen molar-refractivity contribution in [3.05, 3.63) is 53.2 Å². The van der Waals surface area contributed by atoms with E-state index >= 15 is 0 Å². The highest BCUT2D eigenvalue weighted by molar-refractivity contribution is 7.92. The molecule has 0 radical (unpaired) electrons. The molecular formula is C30H39N7O3S. The third-order valence-electron chi connectivity index (χ3n) is 7.34. The first-order chi connectivity index (χ1) is 19.5. The van der Waals surface area contributed by atoms with Gasteiger partial charge in [-0.1, -0.05) is 6.07 Å². The Kier molecular flexibility index (Phi) is 8.19. The van der Waals surface area contributed by atoms with Gasteiger partial charge in [0.15, 0.2) is 15.5 Å². The molecular weight excluding hydrogens is 538 g/mol. The van der Waals surface area contributed by atoms with Crippen LogP contribution >= 0.6 is 0 Å². The molecule has 1 aliphatic heterocycles. The largest absolute Gasteiger partial charge is 0.489 e. The van der Waals surface area contributed by atoms with Gasteiger partial charge in [-0.3, -0.25) is 5.10 Å². The van der Waals surface area contributed by atoms with Crippen LogP contribution < -0.4 is 20.7 Å². The highest BCUT2D eigenvalue weighted by Crippen LogP contribution is 2.37. The Bertz CT molecular complexity index is 1660. The average Bonchev–Trinajstić information content (AvgIpc) is 3.39. The Morgan fingerprint density at radius 1 is 1.02 bits per heavy atom. The monoisotopic (exact) mass is 577 g/mol. The molecule has 0 aliphatic carbocycles. The maximum absolute atomic E-state index is 13.2. The van der Waals surface area contributed by atoms with Crippen LogP contribution in [-0.2, 0) is 9.84 Å². The zero-order valence-corrected chi connectivity index (χ0v) is 25.3. The Morgan fingerprint density at radius 2 is 1.83 bits per heavy atom. The molecule has 0 saturated carbocycles. The third-order valence-corrected chi connectivity index (χ3v) is 9.55. The van der Waals surface area contributed by atoms with Crippen LogP contribution in [0.5, 0.6) is 5.75 Å². The lowest BCUT2D eigenvalue weighted by Gasteiger charge is -2.26. The van der Waals surface area contributed by atoms with Crippen molar-refractivity contribution in [2.75, 3.05) is 23.7 Å². The van der Waals surface area contributed by atoms with Gasteiger partial charge in [-0.15, -0.1) is 0 Å². The van der Waals surface area contributed by atoms with Crippen molar-refractivity contribution in [3.8, 4) is 5.75 Å². The van der Waals surface area contributed by atoms with Crippen molar-refractivity contribution in [2.45, 2.75) is 76.6 Å². The average molecular weight is 578 g/mol. The standard InChI is InChI=1S/C30H39N7O3S/c1-17(2)40-26-14-22(21-8-7-11-31-15-21)20(6)13-24(26)34-30-35-28(23-16-32-37-29(23)36-30)33-25-12-19(5)9-10-27(25)41(38,39)18(3)4/h9-10,12-14,16-18,21,31H,7-8,11,15H2,1-6H3,(H3,32,33,34,35,36,37). The van der Waals surface area contributed by atoms with Crippen molar-refractivity contribution in [1.29, 1.82) is 0 Å². The van der Waals surface area contributed by atoms with E-state index < -0.39 is 15.1 Å². The molecule has 0 bridgehead atoms. The summed E-state index contributed by atoms with van der Waals surface area (Å²) in [5.41, 5.74) is 5.10. The molecule has 4 aromatic rings. The molecule has 1 atom stereocenters. The number of nitrogens with zero attached hydrogens (tertiary/aromatic N) is 3. The van der Waals surface area contributed by atoms with Crippen molar-refractivity contribution in [3.63, 3.8) is 0 Å². The zero-order chi connectivity index (χ0) is 29.3. The molecule has 1 aliphatic rings. The fraction of sp³-hybridized carbons (Fsp3) is 0.433. The van der Waals surface area contributed by atoms with E-state index in [1.807, 2.05) is 26.8 Å². The molecule has 10 nitrogen and oxygen atoms in total. The second kappa shape index (κ2) is 11.7. The first kappa shape index (κ1) is 28.8. The van der Waals surface area contributed by atoms with Crippen LogP contribution in [0.25, 0.3) is 11.0 Å². The number of benzene rings is 2. The topological polar surface area (TPSA) is 134 Å². The summed E-state index contributed by atoms with van der Waals surface area (Å²) in [7, 11) is -3.54. The number of hydrogen-bond acceptors (Lipinski definition) is 9. The zero-order valence-electron chi connectivity index (χ0n) is 24.5. The van der Waals surface area contributed by atoms with Gasteiger partial charge in [0.05, 0.1) is 39.2 Å². The smallest absolute Gasteiger partial charge is 0.231 e. The molecule has 1 unspecified atom stereocenters. The van der Waals surface area contributed by atoms with Gasteiger partial charge in [0.2, 0.25) is 5.95 Å². The summed E-state index contributed by atoms with van der Waals surface area (Å²) < 4.78 is 32.6. The van der Waals surface area contributed by atoms with Crippen LogP contribution in [0.3, 0.4) is 0 Å². The molecule has 2 aromatic heterocycles. The molecule has 218 valence electrons. The minimum Gasteiger partial charge on any atom is -0.489 e. The number of aryl methyl sites for hydroxylation is 2. The summed E-state index contributed by atoms with van der Waals surface area (Å²) in [4.78, 5) is 9.64. The number of hydrogen-bond donors (Lipinski definition) is 4. The first-order valence-corrected chi connectivity index (χ1v) is 15.7. The summed E-state index contributed by atoms with van der Waals surface area (Å²) >= 11 is 0. The van der Waals surface area contributed by atoms with E-state index in [1.54, 1.807) is 32.2 Å². The second-order valence-electron chi connectivity index (χ2n) is 11.3. The molecule has 11 heteroatoms. The lowest BCUT2D eigenvalue weighted by atomic mass is 9.88. The van der Waals surface area contributed by atoms with Gasteiger partial charge in [0, 0.05) is 6.54 Å². The van der Waals surface area contributed by atoms with Crippen LogP contribution in [0.2, 0.25) is 0 Å². The van der Waals surface area contributed by atoms with E-state index in [2.05, 4.69) is 50.2 Å². The predicted molar refractivity (Wildman–Crippen MR) is 164 cm³/mol. The van der Waals surface area contributed by atoms with Gasteiger partial charge < -0.3 is 20.7 Å². The molecule has 4 N–H and O–H groups in total. The Balaban J connectivity index is 1.55. The minimum absolute atomic E-state index is 0.0218. The lowest BCUT2D eigenvalue weighted by molar-refractivity contribution is 0.243. The molecule has 2 aromatic carbocycles. The number of rotatable bonds is 9. The summed E-state index contributed by atoms with van der Waals surface area (Å²) in [5.74, 6) is 1.93. The second-order valence-corrected chi connectivity index (χ2v) is 13.8. The van der Waals surface area contributed by atoms with Crippen LogP contribution in [0.1, 0.15) is 63.1 Å². The summed E-state index contributed by atoms with van der Waals surface area (Å²) in [6.07, 6.45) is 3.90. The molecule has 1 saturated heterocycles. The maximum atomic E-state index is 13.2. The predicted octanol–water partition coefficient (Wildman–Crippen LogP) is 5.89. The number of piperidine rings is 1. The number of nitrogens with one attached hydrogen (secondary N) is 4. The van der Waals surface area contributed by atoms with Gasteiger partial charge in [0.1, 0.15) is 11.6 Å². The van der Waals surface area contributed by atoms with Crippen molar-refractivity contribution >= 4 is 44.0 Å². The molecule has 5 rings (SSSR count). The number of sulfone groups is 1. The van der Waals surface area contributed by atoms with Crippen LogP contribution in [0.15, 0.2) is 41.4 Å². The van der Waals surface area contributed by atoms with E-state index in [-0.39, 0.29) is 11.0 Å². The van der Waals surface area contributed by atoms with Crippen LogP contribution in [-0.4, -0.2) is 53.0 Å². The molecule has 3 heterocycles. The van der Waals surface area contributed by atoms with Crippen LogP contribution in [0.4, 0.5) is 23.1 Å². The van der Waals surface area contributed by atoms with Gasteiger partial charge in [0.25, 0.3) is 0 Å². The number of fused-ring (bicyclic) bond motifs is 1. The van der Waals surface area contributed by atoms with Gasteiger partial charge in [-0.25, -0.2) is 8.42 Å². The van der Waals surface area contributed by atoms with E-state index in [9.17, 15) is 8.42 Å². The fourth-order valence-electron chi connectivity index (χ4n) is 5.19. The van der Waals surface area contributed by atoms with Crippen molar-refractivity contribution in [2.24, 2.45) is 0 Å². The number of anilines is 4. The van der Waals surface area contributed by atoms with E-state index in [0.717, 1.165) is 42.9 Å². The third kappa shape index (κ3) is 6.15. The summed E-state index contributed by atoms with van der Waals surface area (Å²) in [6.45, 7) is 13.4. The first-order valence-electron chi connectivity index (χ1n) is 14.1. The Morgan fingerprint density at radius 3 is 2.54 bits per heavy atom. The highest BCUT2D eigenvalue weighted by Gasteiger charge is 2.24. The number of ether oxygens (including phenoxy) is 1. The maximum Gasteiger partial charge on any atom is 0.231 e. The van der Waals surface area contributed by atoms with Gasteiger partial charge in [-0.2, -0.15) is 15.1 Å². The summed E-state index contributed by atoms with van der Waals surface area (Å²) in [5, 5.41) is 17.3. The number of aromatic nitrogens is 4. The van der Waals surface area contributed by atoms with Crippen molar-refractivity contribution < 1.29 is 13.2 Å². The van der Waals surface area contributed by atoms with Crippen molar-refractivity contribution in [1.82, 2.24) is 25.5 Å². The van der Waals surface area contributed by atoms with Gasteiger partial charge >= 0.3 is 0 Å². The van der Waals surface area contributed by atoms with Crippen LogP contribution in [0, 0.1) is 13.8 Å². The Labute approximate surface area is 241 Å². The minimum atomic E-state index is -3.54.